The summed E-state index contributed by atoms with van der Waals surface area (Å²) in [5.74, 6) is -0.418. The van der Waals surface area contributed by atoms with Gasteiger partial charge in [-0.05, 0) is 30.1 Å². The lowest BCUT2D eigenvalue weighted by molar-refractivity contribution is -0.141. The van der Waals surface area contributed by atoms with E-state index in [9.17, 15) is 9.18 Å². The molecule has 100 valence electrons. The highest BCUT2D eigenvalue weighted by Gasteiger charge is 2.47. The topological polar surface area (TPSA) is 29.1 Å². The maximum absolute atomic E-state index is 14.0. The van der Waals surface area contributed by atoms with Gasteiger partial charge in [-0.15, -0.1) is 0 Å². The van der Waals surface area contributed by atoms with Gasteiger partial charge >= 0.3 is 0 Å². The number of rotatable bonds is 2. The summed E-state index contributed by atoms with van der Waals surface area (Å²) in [7, 11) is 0. The predicted octanol–water partition coefficient (Wildman–Crippen LogP) is 3.46. The molecule has 2 nitrogen and oxygen atoms in total. The van der Waals surface area contributed by atoms with Gasteiger partial charge < -0.3 is 5.32 Å². The molecule has 3 heteroatoms. The Balaban J connectivity index is 2.78. The van der Waals surface area contributed by atoms with Crippen LogP contribution in [-0.4, -0.2) is 17.6 Å². The number of hydrogen-bond donors (Lipinski definition) is 1. The second-order valence-electron chi connectivity index (χ2n) is 7.46. The summed E-state index contributed by atoms with van der Waals surface area (Å²) >= 11 is 0. The van der Waals surface area contributed by atoms with Crippen LogP contribution in [0.2, 0.25) is 0 Å². The lowest BCUT2D eigenvalue weighted by atomic mass is 9.71. The summed E-state index contributed by atoms with van der Waals surface area (Å²) in [6.45, 7) is 12.5. The van der Waals surface area contributed by atoms with Crippen molar-refractivity contribution in [1.29, 1.82) is 0 Å². The molecule has 0 aromatic carbocycles. The quantitative estimate of drug-likeness (QED) is 0.790. The van der Waals surface area contributed by atoms with E-state index in [1.165, 1.54) is 0 Å². The average Bonchev–Trinajstić information content (AvgIpc) is 2.05. The molecule has 0 aliphatic heterocycles. The van der Waals surface area contributed by atoms with Crippen molar-refractivity contribution in [2.75, 3.05) is 0 Å². The normalized spacial score (nSPS) is 20.0. The zero-order valence-corrected chi connectivity index (χ0v) is 12.0. The highest BCUT2D eigenvalue weighted by atomic mass is 19.1. The first-order chi connectivity index (χ1) is 7.47. The lowest BCUT2D eigenvalue weighted by Gasteiger charge is -2.43. The number of carbonyl (C=O) groups excluding carboxylic acids is 1. The number of alkyl halides is 1. The fourth-order valence-corrected chi connectivity index (χ4v) is 2.71. The predicted molar refractivity (Wildman–Crippen MR) is 68.5 cm³/mol. The molecule has 1 fully saturated rings. The van der Waals surface area contributed by atoms with E-state index in [2.05, 4.69) is 46.9 Å². The van der Waals surface area contributed by atoms with E-state index in [-0.39, 0.29) is 16.9 Å². The molecule has 0 bridgehead atoms. The molecule has 1 aliphatic rings. The van der Waals surface area contributed by atoms with Gasteiger partial charge in [0, 0.05) is 6.04 Å². The summed E-state index contributed by atoms with van der Waals surface area (Å²) in [5, 5.41) is 2.93. The molecular formula is C14H26FNO. The smallest absolute Gasteiger partial charge is 0.257 e. The van der Waals surface area contributed by atoms with Crippen LogP contribution < -0.4 is 5.32 Å². The van der Waals surface area contributed by atoms with Crippen LogP contribution in [0.1, 0.15) is 60.8 Å². The minimum atomic E-state index is -1.60. The standard InChI is InChI=1S/C14H26FNO/c1-12(2,3)10(13(4,5)6)16-11(17)14(15)8-7-9-14/h10H,7-9H2,1-6H3,(H,16,17). The van der Waals surface area contributed by atoms with Crippen LogP contribution in [0.3, 0.4) is 0 Å². The van der Waals surface area contributed by atoms with Crippen molar-refractivity contribution >= 4 is 5.91 Å². The van der Waals surface area contributed by atoms with E-state index in [0.29, 0.717) is 12.8 Å². The van der Waals surface area contributed by atoms with Gasteiger partial charge in [-0.2, -0.15) is 0 Å². The third-order valence-electron chi connectivity index (χ3n) is 3.56. The Bertz CT molecular complexity index is 280. The van der Waals surface area contributed by atoms with E-state index < -0.39 is 11.6 Å². The Hall–Kier alpha value is -0.600. The summed E-state index contributed by atoms with van der Waals surface area (Å²) < 4.78 is 14.0. The first kappa shape index (κ1) is 14.5. The van der Waals surface area contributed by atoms with E-state index >= 15 is 0 Å². The second kappa shape index (κ2) is 4.25. The Morgan fingerprint density at radius 1 is 1.12 bits per heavy atom. The maximum atomic E-state index is 14.0. The van der Waals surface area contributed by atoms with E-state index in [1.807, 2.05) is 0 Å². The largest absolute Gasteiger partial charge is 0.350 e. The van der Waals surface area contributed by atoms with Gasteiger partial charge in [0.1, 0.15) is 0 Å². The number of nitrogens with one attached hydrogen (secondary N) is 1. The van der Waals surface area contributed by atoms with Gasteiger partial charge in [0.15, 0.2) is 5.67 Å². The molecule has 0 radical (unpaired) electrons. The molecule has 17 heavy (non-hydrogen) atoms. The molecule has 1 rings (SSSR count). The maximum Gasteiger partial charge on any atom is 0.257 e. The average molecular weight is 243 g/mol. The Morgan fingerprint density at radius 2 is 1.53 bits per heavy atom. The second-order valence-corrected chi connectivity index (χ2v) is 7.46. The zero-order valence-electron chi connectivity index (χ0n) is 12.0. The van der Waals surface area contributed by atoms with E-state index in [1.54, 1.807) is 0 Å². The molecule has 1 saturated carbocycles. The minimum absolute atomic E-state index is 0.0317. The number of amides is 1. The van der Waals surface area contributed by atoms with Gasteiger partial charge in [0.25, 0.3) is 5.91 Å². The first-order valence-corrected chi connectivity index (χ1v) is 6.47. The first-order valence-electron chi connectivity index (χ1n) is 6.47. The summed E-state index contributed by atoms with van der Waals surface area (Å²) in [4.78, 5) is 12.0. The van der Waals surface area contributed by atoms with Crippen LogP contribution >= 0.6 is 0 Å². The van der Waals surface area contributed by atoms with Gasteiger partial charge in [-0.1, -0.05) is 41.5 Å². The third-order valence-corrected chi connectivity index (χ3v) is 3.56. The SMILES string of the molecule is CC(C)(C)C(NC(=O)C1(F)CCC1)C(C)(C)C. The van der Waals surface area contributed by atoms with Crippen LogP contribution in [-0.2, 0) is 4.79 Å². The van der Waals surface area contributed by atoms with Crippen LogP contribution in [0.25, 0.3) is 0 Å². The lowest BCUT2D eigenvalue weighted by Crippen LogP contribution is -2.58. The third kappa shape index (κ3) is 3.20. The zero-order chi connectivity index (χ0) is 13.5. The van der Waals surface area contributed by atoms with Crippen molar-refractivity contribution in [3.8, 4) is 0 Å². The molecule has 1 N–H and O–H groups in total. The van der Waals surface area contributed by atoms with Crippen LogP contribution in [0.5, 0.6) is 0 Å². The molecular weight excluding hydrogens is 217 g/mol. The van der Waals surface area contributed by atoms with Crippen molar-refractivity contribution in [2.45, 2.75) is 72.5 Å². The molecule has 0 atom stereocenters. The summed E-state index contributed by atoms with van der Waals surface area (Å²) in [6.07, 6.45) is 1.57. The van der Waals surface area contributed by atoms with Crippen molar-refractivity contribution in [1.82, 2.24) is 5.32 Å². The van der Waals surface area contributed by atoms with Crippen LogP contribution in [0.15, 0.2) is 0 Å². The number of hydrogen-bond acceptors (Lipinski definition) is 1. The van der Waals surface area contributed by atoms with Gasteiger partial charge in [-0.25, -0.2) is 4.39 Å². The highest BCUT2D eigenvalue weighted by molar-refractivity contribution is 5.86. The van der Waals surface area contributed by atoms with E-state index in [0.717, 1.165) is 6.42 Å². The molecule has 1 amide bonds. The van der Waals surface area contributed by atoms with Gasteiger partial charge in [-0.3, -0.25) is 4.79 Å². The van der Waals surface area contributed by atoms with Crippen LogP contribution in [0.4, 0.5) is 4.39 Å². The molecule has 0 unspecified atom stereocenters. The van der Waals surface area contributed by atoms with Crippen molar-refractivity contribution in [3.63, 3.8) is 0 Å². The molecule has 0 heterocycles. The minimum Gasteiger partial charge on any atom is -0.350 e. The van der Waals surface area contributed by atoms with Gasteiger partial charge in [0.2, 0.25) is 0 Å². The fourth-order valence-electron chi connectivity index (χ4n) is 2.71. The molecule has 0 aromatic heterocycles. The van der Waals surface area contributed by atoms with Gasteiger partial charge in [0.05, 0.1) is 0 Å². The molecule has 0 aromatic rings. The summed E-state index contributed by atoms with van der Waals surface area (Å²) in [6, 6.07) is -0.0317. The Labute approximate surface area is 104 Å². The molecule has 0 saturated heterocycles. The monoisotopic (exact) mass is 243 g/mol. The molecule has 0 spiro atoms. The van der Waals surface area contributed by atoms with E-state index in [4.69, 9.17) is 0 Å². The van der Waals surface area contributed by atoms with Crippen molar-refractivity contribution in [2.24, 2.45) is 10.8 Å². The van der Waals surface area contributed by atoms with Crippen LogP contribution in [0, 0.1) is 10.8 Å². The highest BCUT2D eigenvalue weighted by Crippen LogP contribution is 2.38. The van der Waals surface area contributed by atoms with Crippen molar-refractivity contribution in [3.05, 3.63) is 0 Å². The number of carbonyl (C=O) groups is 1. The number of halogens is 1. The molecule has 1 aliphatic carbocycles. The Kier molecular flexibility index (Phi) is 3.62. The Morgan fingerprint density at radius 3 is 1.76 bits per heavy atom. The van der Waals surface area contributed by atoms with Crippen molar-refractivity contribution < 1.29 is 9.18 Å². The fraction of sp³-hybridized carbons (Fsp3) is 0.929. The summed E-state index contributed by atoms with van der Waals surface area (Å²) in [5.41, 5.74) is -1.75.